The molecule has 0 saturated carbocycles. The summed E-state index contributed by atoms with van der Waals surface area (Å²) in [5.41, 5.74) is 5.47. The molecule has 2 heteroatoms. The first-order valence-electron chi connectivity index (χ1n) is 5.83. The third-order valence-electron chi connectivity index (χ3n) is 2.65. The van der Waals surface area contributed by atoms with E-state index in [1.54, 1.807) is 0 Å². The fourth-order valence-corrected chi connectivity index (χ4v) is 1.92. The number of aryl methyl sites for hydroxylation is 2. The lowest BCUT2D eigenvalue weighted by Crippen LogP contribution is -1.93. The molecule has 0 unspecified atom stereocenters. The highest BCUT2D eigenvalue weighted by atomic mass is 16.3. The third-order valence-corrected chi connectivity index (χ3v) is 2.65. The van der Waals surface area contributed by atoms with Gasteiger partial charge in [-0.3, -0.25) is 4.99 Å². The standard InChI is InChI=1S/C14H21NO/c1-5-6-12(4)15-14-10(2)7-13(9-16)8-11(14)3/h7-8,16H,5-6,9H2,1-4H3. The van der Waals surface area contributed by atoms with E-state index in [0.29, 0.717) is 0 Å². The summed E-state index contributed by atoms with van der Waals surface area (Å²) in [6.45, 7) is 8.42. The predicted octanol–water partition coefficient (Wildman–Crippen LogP) is 3.69. The highest BCUT2D eigenvalue weighted by Gasteiger charge is 2.04. The summed E-state index contributed by atoms with van der Waals surface area (Å²) in [7, 11) is 0. The van der Waals surface area contributed by atoms with Gasteiger partial charge in [0.25, 0.3) is 0 Å². The monoisotopic (exact) mass is 219 g/mol. The molecule has 0 atom stereocenters. The van der Waals surface area contributed by atoms with E-state index in [2.05, 4.69) is 18.8 Å². The SMILES string of the molecule is CCCC(C)=Nc1c(C)cc(CO)cc1C. The maximum absolute atomic E-state index is 9.11. The smallest absolute Gasteiger partial charge is 0.0687 e. The van der Waals surface area contributed by atoms with Crippen molar-refractivity contribution in [2.45, 2.75) is 47.1 Å². The lowest BCUT2D eigenvalue weighted by molar-refractivity contribution is 0.281. The first-order valence-corrected chi connectivity index (χ1v) is 5.83. The number of nitrogens with zero attached hydrogens (tertiary/aromatic N) is 1. The minimum atomic E-state index is 0.0968. The molecule has 2 nitrogen and oxygen atoms in total. The number of hydrogen-bond donors (Lipinski definition) is 1. The van der Waals surface area contributed by atoms with E-state index in [-0.39, 0.29) is 6.61 Å². The molecule has 88 valence electrons. The Labute approximate surface area is 98.0 Å². The van der Waals surface area contributed by atoms with E-state index >= 15 is 0 Å². The second-order valence-electron chi connectivity index (χ2n) is 4.33. The molecule has 1 rings (SSSR count). The number of hydrogen-bond acceptors (Lipinski definition) is 2. The van der Waals surface area contributed by atoms with Crippen LogP contribution in [-0.2, 0) is 6.61 Å². The Kier molecular flexibility index (Phi) is 4.69. The molecule has 0 aliphatic carbocycles. The maximum Gasteiger partial charge on any atom is 0.0687 e. The van der Waals surface area contributed by atoms with Crippen molar-refractivity contribution in [3.05, 3.63) is 28.8 Å². The van der Waals surface area contributed by atoms with E-state index in [1.165, 1.54) is 5.71 Å². The van der Waals surface area contributed by atoms with Crippen molar-refractivity contribution >= 4 is 11.4 Å². The second-order valence-corrected chi connectivity index (χ2v) is 4.33. The van der Waals surface area contributed by atoms with Gasteiger partial charge in [-0.05, 0) is 43.9 Å². The van der Waals surface area contributed by atoms with Gasteiger partial charge < -0.3 is 5.11 Å². The van der Waals surface area contributed by atoms with Gasteiger partial charge in [0.1, 0.15) is 0 Å². The summed E-state index contributed by atoms with van der Waals surface area (Å²) in [5.74, 6) is 0. The van der Waals surface area contributed by atoms with Crippen LogP contribution in [0.5, 0.6) is 0 Å². The van der Waals surface area contributed by atoms with Crippen molar-refractivity contribution < 1.29 is 5.11 Å². The molecule has 0 amide bonds. The highest BCUT2D eigenvalue weighted by molar-refractivity contribution is 5.85. The topological polar surface area (TPSA) is 32.6 Å². The Morgan fingerprint density at radius 2 is 1.81 bits per heavy atom. The van der Waals surface area contributed by atoms with Crippen LogP contribution >= 0.6 is 0 Å². The van der Waals surface area contributed by atoms with Gasteiger partial charge in [0.05, 0.1) is 12.3 Å². The maximum atomic E-state index is 9.11. The van der Waals surface area contributed by atoms with Crippen LogP contribution < -0.4 is 0 Å². The van der Waals surface area contributed by atoms with Crippen molar-refractivity contribution in [1.29, 1.82) is 0 Å². The zero-order valence-corrected chi connectivity index (χ0v) is 10.7. The van der Waals surface area contributed by atoms with Gasteiger partial charge in [-0.25, -0.2) is 0 Å². The third kappa shape index (κ3) is 3.17. The molecule has 0 aromatic heterocycles. The van der Waals surface area contributed by atoms with Gasteiger partial charge in [-0.2, -0.15) is 0 Å². The van der Waals surface area contributed by atoms with E-state index in [0.717, 1.165) is 35.2 Å². The number of aliphatic imine (C=N–C) groups is 1. The zero-order chi connectivity index (χ0) is 12.1. The number of benzene rings is 1. The molecular weight excluding hydrogens is 198 g/mol. The first kappa shape index (κ1) is 12.9. The molecule has 0 bridgehead atoms. The summed E-state index contributed by atoms with van der Waals surface area (Å²) in [5, 5.41) is 9.11. The van der Waals surface area contributed by atoms with Crippen LogP contribution in [-0.4, -0.2) is 10.8 Å². The van der Waals surface area contributed by atoms with Gasteiger partial charge >= 0.3 is 0 Å². The summed E-state index contributed by atoms with van der Waals surface area (Å²) < 4.78 is 0. The van der Waals surface area contributed by atoms with Gasteiger partial charge in [-0.1, -0.05) is 25.5 Å². The average Bonchev–Trinajstić information content (AvgIpc) is 2.23. The van der Waals surface area contributed by atoms with E-state index in [4.69, 9.17) is 5.11 Å². The van der Waals surface area contributed by atoms with Crippen LogP contribution in [0.25, 0.3) is 0 Å². The largest absolute Gasteiger partial charge is 0.392 e. The van der Waals surface area contributed by atoms with Crippen molar-refractivity contribution in [3.8, 4) is 0 Å². The molecule has 16 heavy (non-hydrogen) atoms. The van der Waals surface area contributed by atoms with Gasteiger partial charge in [0.2, 0.25) is 0 Å². The lowest BCUT2D eigenvalue weighted by Gasteiger charge is -2.09. The summed E-state index contributed by atoms with van der Waals surface area (Å²) >= 11 is 0. The minimum absolute atomic E-state index is 0.0968. The van der Waals surface area contributed by atoms with Crippen LogP contribution in [0.15, 0.2) is 17.1 Å². The van der Waals surface area contributed by atoms with E-state index < -0.39 is 0 Å². The molecule has 0 aliphatic heterocycles. The molecule has 0 radical (unpaired) electrons. The van der Waals surface area contributed by atoms with Crippen molar-refractivity contribution in [1.82, 2.24) is 0 Å². The molecule has 1 aromatic carbocycles. The Bertz CT molecular complexity index is 371. The van der Waals surface area contributed by atoms with Crippen molar-refractivity contribution in [2.24, 2.45) is 4.99 Å². The Hall–Kier alpha value is -1.15. The first-order chi connectivity index (χ1) is 7.58. The molecule has 0 aliphatic rings. The lowest BCUT2D eigenvalue weighted by atomic mass is 10.0. The van der Waals surface area contributed by atoms with Crippen LogP contribution in [0, 0.1) is 13.8 Å². The Balaban J connectivity index is 3.10. The number of aliphatic hydroxyl groups excluding tert-OH is 1. The quantitative estimate of drug-likeness (QED) is 0.770. The zero-order valence-electron chi connectivity index (χ0n) is 10.7. The average molecular weight is 219 g/mol. The fourth-order valence-electron chi connectivity index (χ4n) is 1.92. The summed E-state index contributed by atoms with van der Waals surface area (Å²) in [6.07, 6.45) is 2.17. The normalized spacial score (nSPS) is 11.9. The molecule has 1 N–H and O–H groups in total. The van der Waals surface area contributed by atoms with Gasteiger partial charge in [0.15, 0.2) is 0 Å². The molecule has 0 fully saturated rings. The summed E-state index contributed by atoms with van der Waals surface area (Å²) in [4.78, 5) is 4.66. The fraction of sp³-hybridized carbons (Fsp3) is 0.500. The van der Waals surface area contributed by atoms with Crippen molar-refractivity contribution in [3.63, 3.8) is 0 Å². The van der Waals surface area contributed by atoms with Crippen LogP contribution in [0.1, 0.15) is 43.4 Å². The molecule has 1 aromatic rings. The number of rotatable bonds is 4. The summed E-state index contributed by atoms with van der Waals surface area (Å²) in [6, 6.07) is 4.01. The minimum Gasteiger partial charge on any atom is -0.392 e. The van der Waals surface area contributed by atoms with Crippen molar-refractivity contribution in [2.75, 3.05) is 0 Å². The highest BCUT2D eigenvalue weighted by Crippen LogP contribution is 2.25. The van der Waals surface area contributed by atoms with Gasteiger partial charge in [-0.15, -0.1) is 0 Å². The predicted molar refractivity (Wildman–Crippen MR) is 69.5 cm³/mol. The molecule has 0 spiro atoms. The van der Waals surface area contributed by atoms with Crippen LogP contribution in [0.3, 0.4) is 0 Å². The molecular formula is C14H21NO. The van der Waals surface area contributed by atoms with E-state index in [1.807, 2.05) is 26.0 Å². The van der Waals surface area contributed by atoms with Crippen LogP contribution in [0.4, 0.5) is 5.69 Å². The molecule has 0 saturated heterocycles. The number of aliphatic hydroxyl groups is 1. The molecule has 0 heterocycles. The Morgan fingerprint density at radius 3 is 2.25 bits per heavy atom. The second kappa shape index (κ2) is 5.80. The van der Waals surface area contributed by atoms with Gasteiger partial charge in [0, 0.05) is 5.71 Å². The van der Waals surface area contributed by atoms with E-state index in [9.17, 15) is 0 Å². The van der Waals surface area contributed by atoms with Crippen LogP contribution in [0.2, 0.25) is 0 Å². The Morgan fingerprint density at radius 1 is 1.25 bits per heavy atom.